The first kappa shape index (κ1) is 11.2. The van der Waals surface area contributed by atoms with Crippen LogP contribution in [-0.4, -0.2) is 6.04 Å². The van der Waals surface area contributed by atoms with Crippen molar-refractivity contribution in [1.82, 2.24) is 5.32 Å². The summed E-state index contributed by atoms with van der Waals surface area (Å²) in [6, 6.07) is 5.64. The molecule has 0 radical (unpaired) electrons. The average Bonchev–Trinajstić information content (AvgIpc) is 2.70. The first-order valence-corrected chi connectivity index (χ1v) is 6.93. The van der Waals surface area contributed by atoms with Gasteiger partial charge in [0, 0.05) is 17.0 Å². The zero-order valence-electron chi connectivity index (χ0n) is 9.70. The summed E-state index contributed by atoms with van der Waals surface area (Å²) in [5.74, 6) is 0.909. The molecule has 1 saturated carbocycles. The lowest BCUT2D eigenvalue weighted by Crippen LogP contribution is -2.35. The van der Waals surface area contributed by atoms with E-state index in [2.05, 4.69) is 36.7 Å². The molecule has 3 atom stereocenters. The Morgan fingerprint density at radius 3 is 3.00 bits per heavy atom. The third-order valence-corrected chi connectivity index (χ3v) is 4.45. The summed E-state index contributed by atoms with van der Waals surface area (Å²) in [6.45, 7) is 4.66. The fourth-order valence-electron chi connectivity index (χ4n) is 2.56. The van der Waals surface area contributed by atoms with Gasteiger partial charge in [0.15, 0.2) is 0 Å². The van der Waals surface area contributed by atoms with E-state index in [0.717, 1.165) is 12.0 Å². The van der Waals surface area contributed by atoms with Crippen molar-refractivity contribution in [3.63, 3.8) is 0 Å². The minimum Gasteiger partial charge on any atom is -0.307 e. The number of hydrogen-bond donors (Lipinski definition) is 1. The second-order valence-electron chi connectivity index (χ2n) is 4.87. The molecule has 3 unspecified atom stereocenters. The third-order valence-electron chi connectivity index (χ3n) is 3.39. The lowest BCUT2D eigenvalue weighted by atomic mass is 9.87. The van der Waals surface area contributed by atoms with Crippen molar-refractivity contribution >= 4 is 11.3 Å². The minimum atomic E-state index is 0.528. The molecule has 0 spiro atoms. The summed E-state index contributed by atoms with van der Waals surface area (Å²) < 4.78 is 0. The van der Waals surface area contributed by atoms with Gasteiger partial charge in [-0.2, -0.15) is 0 Å². The molecule has 2 rings (SSSR count). The number of nitrogens with one attached hydrogen (secondary N) is 1. The number of hydrogen-bond acceptors (Lipinski definition) is 2. The second kappa shape index (κ2) is 5.13. The predicted molar refractivity (Wildman–Crippen MR) is 67.3 cm³/mol. The van der Waals surface area contributed by atoms with Crippen LogP contribution in [0, 0.1) is 5.92 Å². The molecule has 0 aliphatic heterocycles. The van der Waals surface area contributed by atoms with Crippen molar-refractivity contribution in [1.29, 1.82) is 0 Å². The van der Waals surface area contributed by atoms with Crippen molar-refractivity contribution in [2.75, 3.05) is 0 Å². The van der Waals surface area contributed by atoms with E-state index in [4.69, 9.17) is 0 Å². The maximum absolute atomic E-state index is 3.76. The van der Waals surface area contributed by atoms with Gasteiger partial charge in [0.1, 0.15) is 0 Å². The van der Waals surface area contributed by atoms with Crippen molar-refractivity contribution in [3.8, 4) is 0 Å². The Kier molecular flexibility index (Phi) is 3.81. The van der Waals surface area contributed by atoms with E-state index in [9.17, 15) is 0 Å². The normalized spacial score (nSPS) is 28.9. The molecule has 0 bridgehead atoms. The van der Waals surface area contributed by atoms with Gasteiger partial charge in [-0.25, -0.2) is 0 Å². The Labute approximate surface area is 96.9 Å². The van der Waals surface area contributed by atoms with Crippen molar-refractivity contribution in [3.05, 3.63) is 22.4 Å². The summed E-state index contributed by atoms with van der Waals surface area (Å²) >= 11 is 1.86. The molecule has 2 heteroatoms. The quantitative estimate of drug-likeness (QED) is 0.817. The van der Waals surface area contributed by atoms with E-state index >= 15 is 0 Å². The molecule has 1 aromatic rings. The highest BCUT2D eigenvalue weighted by Crippen LogP contribution is 2.26. The Morgan fingerprint density at radius 2 is 2.33 bits per heavy atom. The van der Waals surface area contributed by atoms with Gasteiger partial charge in [0.2, 0.25) is 0 Å². The molecule has 15 heavy (non-hydrogen) atoms. The highest BCUT2D eigenvalue weighted by molar-refractivity contribution is 7.10. The summed E-state index contributed by atoms with van der Waals surface area (Å²) in [7, 11) is 0. The minimum absolute atomic E-state index is 0.528. The fraction of sp³-hybridized carbons (Fsp3) is 0.692. The van der Waals surface area contributed by atoms with Crippen LogP contribution >= 0.6 is 11.3 Å². The van der Waals surface area contributed by atoms with Crippen LogP contribution in [0.1, 0.15) is 50.4 Å². The van der Waals surface area contributed by atoms with Crippen LogP contribution in [0.25, 0.3) is 0 Å². The Balaban J connectivity index is 1.86. The summed E-state index contributed by atoms with van der Waals surface area (Å²) in [5.41, 5.74) is 0. The van der Waals surface area contributed by atoms with Crippen LogP contribution in [0.3, 0.4) is 0 Å². The number of rotatable bonds is 3. The monoisotopic (exact) mass is 223 g/mol. The lowest BCUT2D eigenvalue weighted by molar-refractivity contribution is 0.286. The average molecular weight is 223 g/mol. The molecule has 1 fully saturated rings. The smallest absolute Gasteiger partial charge is 0.0388 e. The summed E-state index contributed by atoms with van der Waals surface area (Å²) in [6.07, 6.45) is 5.54. The molecule has 1 aliphatic carbocycles. The first-order valence-electron chi connectivity index (χ1n) is 6.05. The van der Waals surface area contributed by atoms with Gasteiger partial charge >= 0.3 is 0 Å². The topological polar surface area (TPSA) is 12.0 Å². The molecular formula is C13H21NS. The van der Waals surface area contributed by atoms with Crippen LogP contribution < -0.4 is 5.32 Å². The summed E-state index contributed by atoms with van der Waals surface area (Å²) in [4.78, 5) is 1.47. The maximum Gasteiger partial charge on any atom is 0.0388 e. The van der Waals surface area contributed by atoms with Gasteiger partial charge in [-0.05, 0) is 37.1 Å². The van der Waals surface area contributed by atoms with E-state index < -0.39 is 0 Å². The second-order valence-corrected chi connectivity index (χ2v) is 5.85. The van der Waals surface area contributed by atoms with Gasteiger partial charge in [0.05, 0.1) is 0 Å². The zero-order valence-corrected chi connectivity index (χ0v) is 10.5. The van der Waals surface area contributed by atoms with Crippen molar-refractivity contribution in [2.24, 2.45) is 5.92 Å². The van der Waals surface area contributed by atoms with E-state index in [0.29, 0.717) is 6.04 Å². The van der Waals surface area contributed by atoms with Crippen molar-refractivity contribution < 1.29 is 0 Å². The third kappa shape index (κ3) is 3.05. The Bertz CT molecular complexity index is 281. The zero-order chi connectivity index (χ0) is 10.7. The molecule has 1 heterocycles. The van der Waals surface area contributed by atoms with Crippen molar-refractivity contribution in [2.45, 2.75) is 51.6 Å². The molecule has 1 N–H and O–H groups in total. The molecule has 1 aromatic heterocycles. The van der Waals surface area contributed by atoms with Crippen LogP contribution in [0.15, 0.2) is 17.5 Å². The Morgan fingerprint density at radius 1 is 1.47 bits per heavy atom. The van der Waals surface area contributed by atoms with E-state index in [1.54, 1.807) is 0 Å². The van der Waals surface area contributed by atoms with Gasteiger partial charge in [-0.3, -0.25) is 0 Å². The van der Waals surface area contributed by atoms with Crippen LogP contribution in [0.4, 0.5) is 0 Å². The van der Waals surface area contributed by atoms with E-state index in [1.165, 1.54) is 30.6 Å². The Hall–Kier alpha value is -0.340. The standard InChI is InChI=1S/C13H21NS/c1-10-5-3-6-12(9-10)14-11(2)13-7-4-8-15-13/h4,7-8,10-12,14H,3,5-6,9H2,1-2H3. The highest BCUT2D eigenvalue weighted by Gasteiger charge is 2.20. The maximum atomic E-state index is 3.76. The molecule has 1 nitrogen and oxygen atoms in total. The first-order chi connectivity index (χ1) is 7.25. The molecule has 1 aliphatic rings. The van der Waals surface area contributed by atoms with Crippen LogP contribution in [-0.2, 0) is 0 Å². The van der Waals surface area contributed by atoms with Crippen LogP contribution in [0.5, 0.6) is 0 Å². The van der Waals surface area contributed by atoms with Gasteiger partial charge in [-0.1, -0.05) is 25.8 Å². The molecular weight excluding hydrogens is 202 g/mol. The predicted octanol–water partition coefficient (Wildman–Crippen LogP) is 3.98. The molecule has 84 valence electrons. The largest absolute Gasteiger partial charge is 0.307 e. The van der Waals surface area contributed by atoms with Gasteiger partial charge < -0.3 is 5.32 Å². The molecule has 0 aromatic carbocycles. The SMILES string of the molecule is CC1CCCC(NC(C)c2cccs2)C1. The fourth-order valence-corrected chi connectivity index (χ4v) is 3.30. The number of thiophene rings is 1. The van der Waals surface area contributed by atoms with Gasteiger partial charge in [0.25, 0.3) is 0 Å². The van der Waals surface area contributed by atoms with E-state index in [-0.39, 0.29) is 0 Å². The van der Waals surface area contributed by atoms with Gasteiger partial charge in [-0.15, -0.1) is 11.3 Å². The highest BCUT2D eigenvalue weighted by atomic mass is 32.1. The molecule has 0 saturated heterocycles. The molecule has 0 amide bonds. The van der Waals surface area contributed by atoms with Crippen LogP contribution in [0.2, 0.25) is 0 Å². The lowest BCUT2D eigenvalue weighted by Gasteiger charge is -2.29. The summed E-state index contributed by atoms with van der Waals surface area (Å²) in [5, 5.41) is 5.93. The van der Waals surface area contributed by atoms with E-state index in [1.807, 2.05) is 11.3 Å².